The van der Waals surface area contributed by atoms with E-state index in [4.69, 9.17) is 5.73 Å². The fourth-order valence-corrected chi connectivity index (χ4v) is 1.49. The van der Waals surface area contributed by atoms with E-state index in [0.29, 0.717) is 5.56 Å². The average Bonchev–Trinajstić information content (AvgIpc) is 2.36. The Hall–Kier alpha value is -1.82. The summed E-state index contributed by atoms with van der Waals surface area (Å²) in [5, 5.41) is 0. The van der Waals surface area contributed by atoms with E-state index in [1.807, 2.05) is 6.92 Å². The zero-order valence-electron chi connectivity index (χ0n) is 11.2. The summed E-state index contributed by atoms with van der Waals surface area (Å²) in [4.78, 5) is 11.1. The third-order valence-corrected chi connectivity index (χ3v) is 2.84. The molecule has 110 valence electrons. The second-order valence-corrected chi connectivity index (χ2v) is 4.54. The van der Waals surface area contributed by atoms with Crippen LogP contribution in [0.15, 0.2) is 30.3 Å². The van der Waals surface area contributed by atoms with Crippen molar-refractivity contribution in [3.05, 3.63) is 41.5 Å². The SMILES string of the molecule is COC(=O)CC(N)(/C=C/c1ccc(C)cc1)C(F)(F)F. The molecule has 1 rings (SSSR count). The first-order valence-corrected chi connectivity index (χ1v) is 5.86. The van der Waals surface area contributed by atoms with Crippen LogP contribution in [0.5, 0.6) is 0 Å². The van der Waals surface area contributed by atoms with Crippen LogP contribution >= 0.6 is 0 Å². The van der Waals surface area contributed by atoms with Gasteiger partial charge in [0.15, 0.2) is 0 Å². The number of carbonyl (C=O) groups excluding carboxylic acids is 1. The molecule has 20 heavy (non-hydrogen) atoms. The molecule has 0 aliphatic heterocycles. The molecule has 0 spiro atoms. The van der Waals surface area contributed by atoms with Crippen molar-refractivity contribution in [1.29, 1.82) is 0 Å². The van der Waals surface area contributed by atoms with Gasteiger partial charge in [-0.15, -0.1) is 0 Å². The summed E-state index contributed by atoms with van der Waals surface area (Å²) in [7, 11) is 1.02. The molecule has 3 nitrogen and oxygen atoms in total. The Balaban J connectivity index is 3.01. The third-order valence-electron chi connectivity index (χ3n) is 2.84. The van der Waals surface area contributed by atoms with E-state index in [0.717, 1.165) is 18.7 Å². The highest BCUT2D eigenvalue weighted by Crippen LogP contribution is 2.33. The van der Waals surface area contributed by atoms with Crippen LogP contribution in [0.1, 0.15) is 17.5 Å². The van der Waals surface area contributed by atoms with Crippen molar-refractivity contribution >= 4 is 12.0 Å². The van der Waals surface area contributed by atoms with Gasteiger partial charge in [0.1, 0.15) is 5.54 Å². The van der Waals surface area contributed by atoms with Gasteiger partial charge in [-0.3, -0.25) is 4.79 Å². The molecule has 6 heteroatoms. The quantitative estimate of drug-likeness (QED) is 0.866. The lowest BCUT2D eigenvalue weighted by Crippen LogP contribution is -2.53. The predicted molar refractivity (Wildman–Crippen MR) is 69.8 cm³/mol. The fraction of sp³-hybridized carbons (Fsp3) is 0.357. The maximum atomic E-state index is 13.0. The van der Waals surface area contributed by atoms with Crippen LogP contribution in [0.3, 0.4) is 0 Å². The highest BCUT2D eigenvalue weighted by atomic mass is 19.4. The number of ether oxygens (including phenoxy) is 1. The summed E-state index contributed by atoms with van der Waals surface area (Å²) in [6.07, 6.45) is -3.68. The minimum Gasteiger partial charge on any atom is -0.469 e. The van der Waals surface area contributed by atoms with E-state index < -0.39 is 24.1 Å². The van der Waals surface area contributed by atoms with Gasteiger partial charge in [0.2, 0.25) is 0 Å². The number of alkyl halides is 3. The summed E-state index contributed by atoms with van der Waals surface area (Å²) >= 11 is 0. The maximum absolute atomic E-state index is 13.0. The highest BCUT2D eigenvalue weighted by Gasteiger charge is 2.51. The molecule has 0 heterocycles. The van der Waals surface area contributed by atoms with Gasteiger partial charge >= 0.3 is 12.1 Å². The molecule has 1 aromatic rings. The Bertz CT molecular complexity index is 494. The lowest BCUT2D eigenvalue weighted by atomic mass is 9.94. The molecule has 2 N–H and O–H groups in total. The van der Waals surface area contributed by atoms with E-state index in [2.05, 4.69) is 4.74 Å². The van der Waals surface area contributed by atoms with Gasteiger partial charge in [0.25, 0.3) is 0 Å². The molecule has 0 amide bonds. The fourth-order valence-electron chi connectivity index (χ4n) is 1.49. The van der Waals surface area contributed by atoms with E-state index >= 15 is 0 Å². The van der Waals surface area contributed by atoms with Gasteiger partial charge in [0, 0.05) is 0 Å². The van der Waals surface area contributed by atoms with Crippen LogP contribution in [0.4, 0.5) is 13.2 Å². The molecule has 0 aliphatic carbocycles. The van der Waals surface area contributed by atoms with Crippen molar-refractivity contribution in [3.63, 3.8) is 0 Å². The number of hydrogen-bond acceptors (Lipinski definition) is 3. The number of hydrogen-bond donors (Lipinski definition) is 1. The normalized spacial score (nSPS) is 15.1. The molecule has 0 radical (unpaired) electrons. The van der Waals surface area contributed by atoms with Crippen molar-refractivity contribution in [2.45, 2.75) is 25.1 Å². The van der Waals surface area contributed by atoms with Crippen molar-refractivity contribution in [2.24, 2.45) is 5.73 Å². The Kier molecular flexibility index (Phi) is 4.94. The molecular weight excluding hydrogens is 271 g/mol. The third kappa shape index (κ3) is 4.09. The van der Waals surface area contributed by atoms with Gasteiger partial charge in [0.05, 0.1) is 13.5 Å². The number of methoxy groups -OCH3 is 1. The first-order valence-electron chi connectivity index (χ1n) is 5.86. The van der Waals surface area contributed by atoms with E-state index in [-0.39, 0.29) is 0 Å². The van der Waals surface area contributed by atoms with Crippen molar-refractivity contribution < 1.29 is 22.7 Å². The van der Waals surface area contributed by atoms with Gasteiger partial charge in [-0.2, -0.15) is 13.2 Å². The lowest BCUT2D eigenvalue weighted by Gasteiger charge is -2.27. The van der Waals surface area contributed by atoms with Crippen molar-refractivity contribution in [1.82, 2.24) is 0 Å². The van der Waals surface area contributed by atoms with Crippen LogP contribution in [0.25, 0.3) is 6.08 Å². The molecule has 1 atom stereocenters. The Labute approximate surface area is 115 Å². The first kappa shape index (κ1) is 16.2. The smallest absolute Gasteiger partial charge is 0.410 e. The molecule has 0 aliphatic rings. The molecule has 0 aromatic heterocycles. The molecule has 0 saturated heterocycles. The van der Waals surface area contributed by atoms with Crippen LogP contribution in [0, 0.1) is 6.92 Å². The molecule has 0 fully saturated rings. The molecular formula is C14H16F3NO2. The van der Waals surface area contributed by atoms with Crippen LogP contribution in [-0.4, -0.2) is 24.8 Å². The number of rotatable bonds is 4. The monoisotopic (exact) mass is 287 g/mol. The minimum absolute atomic E-state index is 0.569. The maximum Gasteiger partial charge on any atom is 0.410 e. The lowest BCUT2D eigenvalue weighted by molar-refractivity contribution is -0.180. The number of carbonyl (C=O) groups is 1. The number of halogens is 3. The summed E-state index contributed by atoms with van der Waals surface area (Å²) in [5.74, 6) is -1.02. The first-order chi connectivity index (χ1) is 9.18. The predicted octanol–water partition coefficient (Wildman–Crippen LogP) is 2.83. The number of nitrogens with two attached hydrogens (primary N) is 1. The summed E-state index contributed by atoms with van der Waals surface area (Å²) in [5.41, 5.74) is 4.13. The van der Waals surface area contributed by atoms with Gasteiger partial charge in [-0.25, -0.2) is 0 Å². The topological polar surface area (TPSA) is 52.3 Å². The second kappa shape index (κ2) is 6.09. The van der Waals surface area contributed by atoms with E-state index in [1.54, 1.807) is 24.3 Å². The molecule has 0 saturated carbocycles. The zero-order valence-corrected chi connectivity index (χ0v) is 11.2. The summed E-state index contributed by atoms with van der Waals surface area (Å²) in [6.45, 7) is 1.87. The largest absolute Gasteiger partial charge is 0.469 e. The zero-order chi connectivity index (χ0) is 15.4. The van der Waals surface area contributed by atoms with Gasteiger partial charge in [-0.1, -0.05) is 42.0 Å². The average molecular weight is 287 g/mol. The van der Waals surface area contributed by atoms with E-state index in [9.17, 15) is 18.0 Å². The van der Waals surface area contributed by atoms with Gasteiger partial charge < -0.3 is 10.5 Å². The number of benzene rings is 1. The van der Waals surface area contributed by atoms with Crippen LogP contribution < -0.4 is 5.73 Å². The molecule has 1 aromatic carbocycles. The Morgan fingerprint density at radius 2 is 1.85 bits per heavy atom. The van der Waals surface area contributed by atoms with E-state index in [1.165, 1.54) is 6.08 Å². The van der Waals surface area contributed by atoms with Crippen molar-refractivity contribution in [2.75, 3.05) is 7.11 Å². The molecule has 1 unspecified atom stereocenters. The molecule has 0 bridgehead atoms. The highest BCUT2D eigenvalue weighted by molar-refractivity contribution is 5.72. The Morgan fingerprint density at radius 3 is 2.30 bits per heavy atom. The van der Waals surface area contributed by atoms with Gasteiger partial charge in [-0.05, 0) is 12.5 Å². The standard InChI is InChI=1S/C14H16F3NO2/c1-10-3-5-11(6-4-10)7-8-13(18,14(15,16)17)9-12(19)20-2/h3-8H,9,18H2,1-2H3/b8-7+. The number of esters is 1. The van der Waals surface area contributed by atoms with Crippen LogP contribution in [0.2, 0.25) is 0 Å². The Morgan fingerprint density at radius 1 is 1.30 bits per heavy atom. The van der Waals surface area contributed by atoms with Crippen LogP contribution in [-0.2, 0) is 9.53 Å². The minimum atomic E-state index is -4.75. The summed E-state index contributed by atoms with van der Waals surface area (Å²) < 4.78 is 43.2. The number of aryl methyl sites for hydroxylation is 1. The van der Waals surface area contributed by atoms with Crippen molar-refractivity contribution in [3.8, 4) is 0 Å². The second-order valence-electron chi connectivity index (χ2n) is 4.54. The summed E-state index contributed by atoms with van der Waals surface area (Å²) in [6, 6.07) is 6.87.